The third-order valence-corrected chi connectivity index (χ3v) is 10.2. The molecule has 224 valence electrons. The molecule has 48 heavy (non-hydrogen) atoms. The predicted molar refractivity (Wildman–Crippen MR) is 197 cm³/mol. The Kier molecular flexibility index (Phi) is 5.98. The molecule has 0 fully saturated rings. The van der Waals surface area contributed by atoms with Crippen LogP contribution in [0.1, 0.15) is 0 Å². The van der Waals surface area contributed by atoms with Gasteiger partial charge in [-0.15, -0.1) is 11.3 Å². The van der Waals surface area contributed by atoms with Crippen LogP contribution in [0, 0.1) is 0 Å². The van der Waals surface area contributed by atoms with Crippen LogP contribution in [0.4, 0.5) is 0 Å². The molecule has 10 aromatic rings. The summed E-state index contributed by atoms with van der Waals surface area (Å²) in [6, 6.07) is 48.1. The molecule has 0 saturated heterocycles. The van der Waals surface area contributed by atoms with Crippen LogP contribution in [0.5, 0.6) is 0 Å². The lowest BCUT2D eigenvalue weighted by atomic mass is 9.99. The minimum absolute atomic E-state index is 0.550. The zero-order chi connectivity index (χ0) is 31.6. The third kappa shape index (κ3) is 4.24. The summed E-state index contributed by atoms with van der Waals surface area (Å²) in [5.41, 5.74) is 6.30. The summed E-state index contributed by atoms with van der Waals surface area (Å²) in [6.45, 7) is 0. The number of fused-ring (bicyclic) bond motifs is 8. The van der Waals surface area contributed by atoms with Gasteiger partial charge < -0.3 is 4.42 Å². The van der Waals surface area contributed by atoms with Crippen LogP contribution >= 0.6 is 11.3 Å². The molecular formula is C42H24N4OS. The van der Waals surface area contributed by atoms with Crippen LogP contribution in [0.25, 0.3) is 98.3 Å². The van der Waals surface area contributed by atoms with Crippen molar-refractivity contribution < 1.29 is 4.42 Å². The molecule has 4 heterocycles. The van der Waals surface area contributed by atoms with Gasteiger partial charge in [-0.1, -0.05) is 115 Å². The SMILES string of the molecule is c1ccc(-c2nc(-c3ccccc3)nc(-c3ccnc4oc5cc(-c6cccc7c6sc6ccc8ccccc8c67)ccc5c34)n2)cc1. The van der Waals surface area contributed by atoms with Gasteiger partial charge in [0.2, 0.25) is 5.71 Å². The minimum atomic E-state index is 0.550. The Morgan fingerprint density at radius 3 is 1.98 bits per heavy atom. The average Bonchev–Trinajstić information content (AvgIpc) is 3.74. The number of hydrogen-bond acceptors (Lipinski definition) is 6. The van der Waals surface area contributed by atoms with Gasteiger partial charge in [0.05, 0.1) is 5.39 Å². The van der Waals surface area contributed by atoms with Gasteiger partial charge in [-0.25, -0.2) is 19.9 Å². The van der Waals surface area contributed by atoms with Crippen molar-refractivity contribution in [2.45, 2.75) is 0 Å². The van der Waals surface area contributed by atoms with Crippen LogP contribution in [0.3, 0.4) is 0 Å². The lowest BCUT2D eigenvalue weighted by Gasteiger charge is -2.09. The van der Waals surface area contributed by atoms with Gasteiger partial charge in [-0.2, -0.15) is 0 Å². The second-order valence-electron chi connectivity index (χ2n) is 11.8. The van der Waals surface area contributed by atoms with E-state index in [0.29, 0.717) is 23.2 Å². The molecular weight excluding hydrogens is 609 g/mol. The van der Waals surface area contributed by atoms with E-state index in [1.807, 2.05) is 78.1 Å². The lowest BCUT2D eigenvalue weighted by molar-refractivity contribution is 0.654. The van der Waals surface area contributed by atoms with Gasteiger partial charge in [0.1, 0.15) is 5.58 Å². The van der Waals surface area contributed by atoms with Gasteiger partial charge in [0.25, 0.3) is 0 Å². The maximum atomic E-state index is 6.46. The van der Waals surface area contributed by atoms with Gasteiger partial charge >= 0.3 is 0 Å². The van der Waals surface area contributed by atoms with Crippen molar-refractivity contribution in [1.82, 2.24) is 19.9 Å². The monoisotopic (exact) mass is 632 g/mol. The number of furan rings is 1. The predicted octanol–water partition coefficient (Wildman–Crippen LogP) is 11.4. The third-order valence-electron chi connectivity index (χ3n) is 9.01. The minimum Gasteiger partial charge on any atom is -0.438 e. The fourth-order valence-corrected chi connectivity index (χ4v) is 8.03. The number of aromatic nitrogens is 4. The first-order valence-corrected chi connectivity index (χ1v) is 16.6. The molecule has 6 heteroatoms. The molecule has 0 N–H and O–H groups in total. The Labute approximate surface area is 278 Å². The number of rotatable bonds is 4. The summed E-state index contributed by atoms with van der Waals surface area (Å²) in [4.78, 5) is 19.5. The zero-order valence-electron chi connectivity index (χ0n) is 25.5. The van der Waals surface area contributed by atoms with Crippen molar-refractivity contribution in [2.75, 3.05) is 0 Å². The molecule has 0 spiro atoms. The largest absolute Gasteiger partial charge is 0.438 e. The highest BCUT2D eigenvalue weighted by Crippen LogP contribution is 2.44. The number of thiophene rings is 1. The fraction of sp³-hybridized carbons (Fsp3) is 0. The quantitative estimate of drug-likeness (QED) is 0.193. The highest BCUT2D eigenvalue weighted by molar-refractivity contribution is 7.26. The summed E-state index contributed by atoms with van der Waals surface area (Å²) in [7, 11) is 0. The summed E-state index contributed by atoms with van der Waals surface area (Å²) in [6.07, 6.45) is 1.76. The normalized spacial score (nSPS) is 11.8. The number of pyridine rings is 1. The molecule has 10 rings (SSSR count). The molecule has 0 aliphatic rings. The van der Waals surface area contributed by atoms with Gasteiger partial charge in [-0.3, -0.25) is 0 Å². The summed E-state index contributed by atoms with van der Waals surface area (Å²) in [5.74, 6) is 1.80. The second-order valence-corrected chi connectivity index (χ2v) is 12.9. The van der Waals surface area contributed by atoms with E-state index < -0.39 is 0 Å². The molecule has 4 aromatic heterocycles. The standard InChI is InChI=1S/C42H24N4OS/c1-3-11-26(12-4-1)39-44-40(27-13-5-2-6-14-27)46-41(45-39)33-22-23-43-42-37(33)31-20-18-28(24-34(31)47-42)30-16-9-17-32-36-29-15-8-7-10-25(29)19-21-35(36)48-38(30)32/h1-24H. The van der Waals surface area contributed by atoms with Crippen LogP contribution in [-0.4, -0.2) is 19.9 Å². The summed E-state index contributed by atoms with van der Waals surface area (Å²) in [5, 5.41) is 6.98. The van der Waals surface area contributed by atoms with Crippen molar-refractivity contribution in [1.29, 1.82) is 0 Å². The van der Waals surface area contributed by atoms with Crippen molar-refractivity contribution >= 4 is 64.4 Å². The first-order valence-electron chi connectivity index (χ1n) is 15.8. The molecule has 0 atom stereocenters. The Balaban J connectivity index is 1.16. The number of nitrogens with zero attached hydrogens (tertiary/aromatic N) is 4. The molecule has 0 aliphatic heterocycles. The molecule has 0 aliphatic carbocycles. The Bertz CT molecular complexity index is 2780. The van der Waals surface area contributed by atoms with E-state index in [1.165, 1.54) is 36.5 Å². The van der Waals surface area contributed by atoms with Crippen LogP contribution in [-0.2, 0) is 0 Å². The van der Waals surface area contributed by atoms with E-state index in [9.17, 15) is 0 Å². The molecule has 0 bridgehead atoms. The molecule has 0 saturated carbocycles. The summed E-state index contributed by atoms with van der Waals surface area (Å²) >= 11 is 1.84. The Hall–Kier alpha value is -6.24. The first-order chi connectivity index (χ1) is 23.8. The average molecular weight is 633 g/mol. The van der Waals surface area contributed by atoms with E-state index >= 15 is 0 Å². The lowest BCUT2D eigenvalue weighted by Crippen LogP contribution is -2.00. The van der Waals surface area contributed by atoms with Crippen molar-refractivity contribution in [3.05, 3.63) is 146 Å². The number of hydrogen-bond donors (Lipinski definition) is 0. The maximum Gasteiger partial charge on any atom is 0.228 e. The van der Waals surface area contributed by atoms with Crippen molar-refractivity contribution in [2.24, 2.45) is 0 Å². The van der Waals surface area contributed by atoms with E-state index in [0.717, 1.165) is 38.6 Å². The van der Waals surface area contributed by atoms with Crippen LogP contribution in [0.2, 0.25) is 0 Å². The van der Waals surface area contributed by atoms with Crippen molar-refractivity contribution in [3.8, 4) is 45.3 Å². The topological polar surface area (TPSA) is 64.7 Å². The van der Waals surface area contributed by atoms with Gasteiger partial charge in [0, 0.05) is 48.4 Å². The molecule has 5 nitrogen and oxygen atoms in total. The van der Waals surface area contributed by atoms with E-state index in [-0.39, 0.29) is 0 Å². The Morgan fingerprint density at radius 2 is 1.19 bits per heavy atom. The van der Waals surface area contributed by atoms with Crippen LogP contribution in [0.15, 0.2) is 150 Å². The van der Waals surface area contributed by atoms with E-state index in [1.54, 1.807) is 6.20 Å². The van der Waals surface area contributed by atoms with Gasteiger partial charge in [0.15, 0.2) is 17.5 Å². The first kappa shape index (κ1) is 26.9. The smallest absolute Gasteiger partial charge is 0.228 e. The molecule has 0 unspecified atom stereocenters. The highest BCUT2D eigenvalue weighted by atomic mass is 32.1. The van der Waals surface area contributed by atoms with E-state index in [4.69, 9.17) is 19.4 Å². The Morgan fingerprint density at radius 1 is 0.479 bits per heavy atom. The number of benzene rings is 6. The van der Waals surface area contributed by atoms with Crippen LogP contribution < -0.4 is 0 Å². The summed E-state index contributed by atoms with van der Waals surface area (Å²) < 4.78 is 9.01. The fourth-order valence-electron chi connectivity index (χ4n) is 6.78. The van der Waals surface area contributed by atoms with Crippen molar-refractivity contribution in [3.63, 3.8) is 0 Å². The molecule has 6 aromatic carbocycles. The maximum absolute atomic E-state index is 6.46. The zero-order valence-corrected chi connectivity index (χ0v) is 26.3. The van der Waals surface area contributed by atoms with E-state index in [2.05, 4.69) is 77.8 Å². The second kappa shape index (κ2) is 10.7. The molecule has 0 amide bonds. The molecule has 0 radical (unpaired) electrons. The highest BCUT2D eigenvalue weighted by Gasteiger charge is 2.20. The van der Waals surface area contributed by atoms with Gasteiger partial charge in [-0.05, 0) is 46.2 Å².